The van der Waals surface area contributed by atoms with Gasteiger partial charge in [0.1, 0.15) is 13.2 Å². The Balaban J connectivity index is 1.50. The Hall–Kier alpha value is -3.06. The third-order valence-corrected chi connectivity index (χ3v) is 5.53. The fraction of sp³-hybridized carbons (Fsp3) is 0.440. The maximum atomic E-state index is 12.9. The number of benzene rings is 2. The van der Waals surface area contributed by atoms with Crippen molar-refractivity contribution in [2.75, 3.05) is 31.7 Å². The molecule has 7 heteroatoms. The predicted octanol–water partition coefficient (Wildman–Crippen LogP) is 4.13. The average Bonchev–Trinajstić information content (AvgIpc) is 3.30. The van der Waals surface area contributed by atoms with Crippen LogP contribution in [0.15, 0.2) is 47.5 Å². The van der Waals surface area contributed by atoms with Crippen molar-refractivity contribution in [3.05, 3.63) is 53.6 Å². The van der Waals surface area contributed by atoms with Crippen LogP contribution in [-0.2, 0) is 10.2 Å². The lowest BCUT2D eigenvalue weighted by molar-refractivity contribution is 0.0975. The molecule has 0 bridgehead atoms. The van der Waals surface area contributed by atoms with Crippen LogP contribution in [-0.4, -0.2) is 44.3 Å². The van der Waals surface area contributed by atoms with Crippen molar-refractivity contribution in [1.82, 2.24) is 5.32 Å². The van der Waals surface area contributed by atoms with Crippen LogP contribution in [0.3, 0.4) is 0 Å². The molecule has 2 aliphatic rings. The molecule has 7 nitrogen and oxygen atoms in total. The topological polar surface area (TPSA) is 81.2 Å². The third-order valence-electron chi connectivity index (χ3n) is 5.53. The number of amides is 1. The minimum absolute atomic E-state index is 0.0305. The number of fused-ring (bicyclic) bond motifs is 1. The van der Waals surface area contributed by atoms with Crippen LogP contribution in [0.25, 0.3) is 0 Å². The number of guanidine groups is 1. The van der Waals surface area contributed by atoms with Crippen molar-refractivity contribution < 1.29 is 19.0 Å². The van der Waals surface area contributed by atoms with Gasteiger partial charge in [0.25, 0.3) is 5.91 Å². The second kappa shape index (κ2) is 9.61. The summed E-state index contributed by atoms with van der Waals surface area (Å²) in [7, 11) is 0. The van der Waals surface area contributed by atoms with Crippen molar-refractivity contribution in [2.45, 2.75) is 45.1 Å². The molecule has 0 unspecified atom stereocenters. The quantitative estimate of drug-likeness (QED) is 0.555. The number of rotatable bonds is 4. The third kappa shape index (κ3) is 5.59. The molecular weight excluding hydrogens is 406 g/mol. The van der Waals surface area contributed by atoms with Crippen LogP contribution in [0.4, 0.5) is 5.69 Å². The van der Waals surface area contributed by atoms with Crippen LogP contribution in [0.2, 0.25) is 0 Å². The van der Waals surface area contributed by atoms with Gasteiger partial charge >= 0.3 is 0 Å². The summed E-state index contributed by atoms with van der Waals surface area (Å²) in [6, 6.07) is 13.2. The fourth-order valence-corrected chi connectivity index (χ4v) is 3.65. The molecule has 32 heavy (non-hydrogen) atoms. The Kier molecular flexibility index (Phi) is 6.65. The first kappa shape index (κ1) is 22.1. The normalized spacial score (nSPS) is 18.3. The minimum atomic E-state index is -0.221. The van der Waals surface area contributed by atoms with E-state index in [1.54, 1.807) is 0 Å². The highest BCUT2D eigenvalue weighted by molar-refractivity contribution is 6.10. The Morgan fingerprint density at radius 1 is 1.03 bits per heavy atom. The van der Waals surface area contributed by atoms with Crippen molar-refractivity contribution in [2.24, 2.45) is 4.99 Å². The smallest absolute Gasteiger partial charge is 0.257 e. The molecule has 1 fully saturated rings. The number of anilines is 1. The van der Waals surface area contributed by atoms with Gasteiger partial charge in [0.05, 0.1) is 12.6 Å². The molecular formula is C25H31N3O4. The SMILES string of the molecule is CC(C)(C)c1ccc(C(=O)NC(=NC[C@H]2CCCO2)Nc2ccc3c(c2)OCCO3)cc1. The predicted molar refractivity (Wildman–Crippen MR) is 125 cm³/mol. The van der Waals surface area contributed by atoms with Crippen LogP contribution in [0, 0.1) is 0 Å². The first-order valence-corrected chi connectivity index (χ1v) is 11.1. The van der Waals surface area contributed by atoms with Crippen molar-refractivity contribution in [1.29, 1.82) is 0 Å². The highest BCUT2D eigenvalue weighted by Gasteiger charge is 2.18. The largest absolute Gasteiger partial charge is 0.486 e. The lowest BCUT2D eigenvalue weighted by Gasteiger charge is -2.20. The van der Waals surface area contributed by atoms with E-state index in [9.17, 15) is 4.79 Å². The zero-order valence-electron chi connectivity index (χ0n) is 18.9. The summed E-state index contributed by atoms with van der Waals surface area (Å²) in [6.45, 7) is 8.74. The Bertz CT molecular complexity index is 974. The van der Waals surface area contributed by atoms with E-state index in [0.29, 0.717) is 42.8 Å². The lowest BCUT2D eigenvalue weighted by Crippen LogP contribution is -2.36. The average molecular weight is 438 g/mol. The molecule has 0 radical (unpaired) electrons. The summed E-state index contributed by atoms with van der Waals surface area (Å²) < 4.78 is 16.9. The van der Waals surface area contributed by atoms with Gasteiger partial charge in [-0.25, -0.2) is 4.99 Å². The summed E-state index contributed by atoms with van der Waals surface area (Å²) >= 11 is 0. The second-order valence-corrected chi connectivity index (χ2v) is 9.09. The highest BCUT2D eigenvalue weighted by atomic mass is 16.6. The molecule has 1 atom stereocenters. The molecule has 0 spiro atoms. The zero-order chi connectivity index (χ0) is 22.6. The van der Waals surface area contributed by atoms with E-state index in [1.807, 2.05) is 42.5 Å². The monoisotopic (exact) mass is 437 g/mol. The number of nitrogens with one attached hydrogen (secondary N) is 2. The van der Waals surface area contributed by atoms with E-state index < -0.39 is 0 Å². The highest BCUT2D eigenvalue weighted by Crippen LogP contribution is 2.32. The van der Waals surface area contributed by atoms with E-state index >= 15 is 0 Å². The van der Waals surface area contributed by atoms with Gasteiger partial charge < -0.3 is 19.5 Å². The Morgan fingerprint density at radius 2 is 1.78 bits per heavy atom. The minimum Gasteiger partial charge on any atom is -0.486 e. The van der Waals surface area contributed by atoms with Gasteiger partial charge in [0.2, 0.25) is 5.96 Å². The number of nitrogens with zero attached hydrogens (tertiary/aromatic N) is 1. The molecule has 1 amide bonds. The maximum Gasteiger partial charge on any atom is 0.257 e. The van der Waals surface area contributed by atoms with Crippen LogP contribution in [0.5, 0.6) is 11.5 Å². The Morgan fingerprint density at radius 3 is 2.47 bits per heavy atom. The second-order valence-electron chi connectivity index (χ2n) is 9.09. The van der Waals surface area contributed by atoms with E-state index in [0.717, 1.165) is 25.1 Å². The van der Waals surface area contributed by atoms with Crippen molar-refractivity contribution in [3.8, 4) is 11.5 Å². The number of carbonyl (C=O) groups is 1. The summed E-state index contributed by atoms with van der Waals surface area (Å²) in [5, 5.41) is 6.13. The van der Waals surface area contributed by atoms with Gasteiger partial charge in [-0.15, -0.1) is 0 Å². The summed E-state index contributed by atoms with van der Waals surface area (Å²) in [6.07, 6.45) is 2.09. The molecule has 0 aliphatic carbocycles. The molecule has 1 saturated heterocycles. The van der Waals surface area contributed by atoms with E-state index in [1.165, 1.54) is 5.56 Å². The first-order valence-electron chi connectivity index (χ1n) is 11.1. The number of hydrogen-bond donors (Lipinski definition) is 2. The van der Waals surface area contributed by atoms with Gasteiger partial charge in [-0.1, -0.05) is 32.9 Å². The standard InChI is InChI=1S/C25H31N3O4/c1-25(2,3)18-8-6-17(7-9-18)23(29)28-24(26-16-20-5-4-12-30-20)27-19-10-11-21-22(15-19)32-14-13-31-21/h6-11,15,20H,4-5,12-14,16H2,1-3H3,(H2,26,27,28,29)/t20-/m1/s1. The van der Waals surface area contributed by atoms with E-state index in [-0.39, 0.29) is 17.4 Å². The van der Waals surface area contributed by atoms with E-state index in [2.05, 4.69) is 36.4 Å². The van der Waals surface area contributed by atoms with Crippen molar-refractivity contribution >= 4 is 17.6 Å². The number of ether oxygens (including phenoxy) is 3. The maximum absolute atomic E-state index is 12.9. The molecule has 0 aromatic heterocycles. The molecule has 2 aromatic carbocycles. The number of aliphatic imine (C=N–C) groups is 1. The Labute approximate surface area is 189 Å². The summed E-state index contributed by atoms with van der Waals surface area (Å²) in [4.78, 5) is 17.5. The van der Waals surface area contributed by atoms with Crippen LogP contribution in [0.1, 0.15) is 49.5 Å². The molecule has 4 rings (SSSR count). The molecule has 2 aromatic rings. The lowest BCUT2D eigenvalue weighted by atomic mass is 9.87. The number of carbonyl (C=O) groups excluding carboxylic acids is 1. The van der Waals surface area contributed by atoms with Gasteiger partial charge in [-0.3, -0.25) is 10.1 Å². The summed E-state index contributed by atoms with van der Waals surface area (Å²) in [5.74, 6) is 1.54. The van der Waals surface area contributed by atoms with E-state index in [4.69, 9.17) is 14.2 Å². The molecule has 2 heterocycles. The van der Waals surface area contributed by atoms with Gasteiger partial charge in [-0.2, -0.15) is 0 Å². The molecule has 0 saturated carbocycles. The van der Waals surface area contributed by atoms with Gasteiger partial charge in [0.15, 0.2) is 11.5 Å². The van der Waals surface area contributed by atoms with Gasteiger partial charge in [-0.05, 0) is 48.1 Å². The fourth-order valence-electron chi connectivity index (χ4n) is 3.65. The molecule has 170 valence electrons. The molecule has 2 N–H and O–H groups in total. The first-order chi connectivity index (χ1) is 15.4. The van der Waals surface area contributed by atoms with Crippen LogP contribution >= 0.6 is 0 Å². The summed E-state index contributed by atoms with van der Waals surface area (Å²) in [5.41, 5.74) is 2.54. The zero-order valence-corrected chi connectivity index (χ0v) is 18.9. The number of hydrogen-bond acceptors (Lipinski definition) is 5. The van der Waals surface area contributed by atoms with Crippen LogP contribution < -0.4 is 20.1 Å². The molecule has 2 aliphatic heterocycles. The van der Waals surface area contributed by atoms with Gasteiger partial charge in [0, 0.05) is 23.9 Å². The van der Waals surface area contributed by atoms with Crippen molar-refractivity contribution in [3.63, 3.8) is 0 Å².